The molecule has 150 valence electrons. The van der Waals surface area contributed by atoms with Crippen LogP contribution in [-0.2, 0) is 10.0 Å². The Balaban J connectivity index is 2.35. The lowest BCUT2D eigenvalue weighted by atomic mass is 10.1. The lowest BCUT2D eigenvalue weighted by Gasteiger charge is -2.14. The summed E-state index contributed by atoms with van der Waals surface area (Å²) in [6.07, 6.45) is 0. The van der Waals surface area contributed by atoms with Gasteiger partial charge in [-0.3, -0.25) is 9.59 Å². The van der Waals surface area contributed by atoms with E-state index in [0.29, 0.717) is 16.8 Å². The van der Waals surface area contributed by atoms with Crippen molar-refractivity contribution in [2.24, 2.45) is 5.73 Å². The van der Waals surface area contributed by atoms with E-state index in [1.165, 1.54) is 31.4 Å². The predicted octanol–water partition coefficient (Wildman–Crippen LogP) is 2.04. The van der Waals surface area contributed by atoms with Gasteiger partial charge in [0.1, 0.15) is 10.6 Å². The third kappa shape index (κ3) is 4.87. The van der Waals surface area contributed by atoms with Gasteiger partial charge in [0.2, 0.25) is 15.9 Å². The Hall–Kier alpha value is -2.91. The topological polar surface area (TPSA) is 128 Å². The zero-order valence-corrected chi connectivity index (χ0v) is 16.9. The molecule has 0 saturated carbocycles. The number of aryl methyl sites for hydroxylation is 1. The quantitative estimate of drug-likeness (QED) is 0.649. The summed E-state index contributed by atoms with van der Waals surface area (Å²) in [7, 11) is -2.51. The summed E-state index contributed by atoms with van der Waals surface area (Å²) in [5.41, 5.74) is 6.84. The zero-order valence-electron chi connectivity index (χ0n) is 16.1. The van der Waals surface area contributed by atoms with Gasteiger partial charge in [-0.15, -0.1) is 0 Å². The minimum atomic E-state index is -3.86. The van der Waals surface area contributed by atoms with Gasteiger partial charge in [-0.2, -0.15) is 0 Å². The number of sulfonamides is 1. The molecule has 0 spiro atoms. The van der Waals surface area contributed by atoms with Gasteiger partial charge >= 0.3 is 0 Å². The average Bonchev–Trinajstić information content (AvgIpc) is 2.59. The van der Waals surface area contributed by atoms with Gasteiger partial charge in [0, 0.05) is 22.9 Å². The molecule has 2 amide bonds. The van der Waals surface area contributed by atoms with Crippen LogP contribution in [0, 0.1) is 6.92 Å². The number of benzene rings is 2. The fourth-order valence-corrected chi connectivity index (χ4v) is 4.07. The summed E-state index contributed by atoms with van der Waals surface area (Å²) in [6, 6.07) is 8.50. The molecule has 0 aliphatic rings. The third-order valence-corrected chi connectivity index (χ3v) is 5.54. The highest BCUT2D eigenvalue weighted by molar-refractivity contribution is 7.89. The van der Waals surface area contributed by atoms with Crippen LogP contribution in [0.15, 0.2) is 41.3 Å². The Morgan fingerprint density at radius 3 is 2.32 bits per heavy atom. The number of hydrogen-bond acceptors (Lipinski definition) is 5. The molecule has 0 heterocycles. The zero-order chi connectivity index (χ0) is 21.1. The first kappa shape index (κ1) is 21.4. The van der Waals surface area contributed by atoms with Crippen LogP contribution in [0.4, 0.5) is 5.69 Å². The fraction of sp³-hybridized carbons (Fsp3) is 0.263. The molecule has 2 aromatic rings. The van der Waals surface area contributed by atoms with Crippen molar-refractivity contribution in [2.45, 2.75) is 31.7 Å². The number of nitrogens with one attached hydrogen (secondary N) is 2. The second-order valence-electron chi connectivity index (χ2n) is 6.49. The number of primary amides is 1. The minimum absolute atomic E-state index is 0.128. The van der Waals surface area contributed by atoms with Crippen LogP contribution in [0.5, 0.6) is 5.75 Å². The first-order valence-electron chi connectivity index (χ1n) is 8.47. The van der Waals surface area contributed by atoms with E-state index < -0.39 is 21.8 Å². The molecule has 9 heteroatoms. The molecule has 0 radical (unpaired) electrons. The molecule has 0 atom stereocenters. The normalized spacial score (nSPS) is 11.3. The van der Waals surface area contributed by atoms with Crippen molar-refractivity contribution in [1.29, 1.82) is 0 Å². The molecule has 4 N–H and O–H groups in total. The van der Waals surface area contributed by atoms with E-state index in [0.717, 1.165) is 0 Å². The van der Waals surface area contributed by atoms with Gasteiger partial charge in [0.25, 0.3) is 5.91 Å². The number of amides is 2. The van der Waals surface area contributed by atoms with Crippen molar-refractivity contribution in [2.75, 3.05) is 12.4 Å². The molecule has 2 rings (SSSR count). The summed E-state index contributed by atoms with van der Waals surface area (Å²) in [5.74, 6) is -0.931. The van der Waals surface area contributed by atoms with Gasteiger partial charge in [0.05, 0.1) is 7.11 Å². The monoisotopic (exact) mass is 405 g/mol. The fourth-order valence-electron chi connectivity index (χ4n) is 2.62. The number of rotatable bonds is 7. The van der Waals surface area contributed by atoms with Crippen LogP contribution in [-0.4, -0.2) is 33.4 Å². The molecule has 0 fully saturated rings. The molecule has 0 aliphatic carbocycles. The maximum absolute atomic E-state index is 12.6. The summed E-state index contributed by atoms with van der Waals surface area (Å²) >= 11 is 0. The van der Waals surface area contributed by atoms with Crippen LogP contribution in [0.1, 0.15) is 40.1 Å². The van der Waals surface area contributed by atoms with Crippen LogP contribution < -0.4 is 20.5 Å². The van der Waals surface area contributed by atoms with Crippen molar-refractivity contribution >= 4 is 27.5 Å². The van der Waals surface area contributed by atoms with Gasteiger partial charge in [-0.05, 0) is 62.7 Å². The molecule has 8 nitrogen and oxygen atoms in total. The molecule has 0 aliphatic heterocycles. The van der Waals surface area contributed by atoms with E-state index in [-0.39, 0.29) is 22.3 Å². The standard InChI is InChI=1S/C19H23N3O5S/c1-11(2)22-28(25,26)17-10-13(5-8-16(17)27-4)19(24)21-14-6-7-15(18(20)23)12(3)9-14/h5-11,22H,1-4H3,(H2,20,23)(H,21,24). The third-order valence-electron chi connectivity index (χ3n) is 3.86. The summed E-state index contributed by atoms with van der Waals surface area (Å²) < 4.78 is 32.7. The van der Waals surface area contributed by atoms with E-state index >= 15 is 0 Å². The largest absolute Gasteiger partial charge is 0.495 e. The molecule has 28 heavy (non-hydrogen) atoms. The first-order valence-corrected chi connectivity index (χ1v) is 9.95. The number of anilines is 1. The van der Waals surface area contributed by atoms with Crippen LogP contribution in [0.3, 0.4) is 0 Å². The minimum Gasteiger partial charge on any atom is -0.495 e. The van der Waals surface area contributed by atoms with Crippen molar-refractivity contribution in [3.63, 3.8) is 0 Å². The molecule has 0 unspecified atom stereocenters. The van der Waals surface area contributed by atoms with Crippen molar-refractivity contribution < 1.29 is 22.7 Å². The van der Waals surface area contributed by atoms with E-state index in [1.807, 2.05) is 0 Å². The van der Waals surface area contributed by atoms with Gasteiger partial charge in [0.15, 0.2) is 0 Å². The highest BCUT2D eigenvalue weighted by Crippen LogP contribution is 2.26. The highest BCUT2D eigenvalue weighted by atomic mass is 32.2. The molecule has 2 aromatic carbocycles. The Morgan fingerprint density at radius 2 is 1.79 bits per heavy atom. The maximum atomic E-state index is 12.6. The molecule has 0 bridgehead atoms. The van der Waals surface area contributed by atoms with Crippen molar-refractivity contribution in [3.8, 4) is 5.75 Å². The van der Waals surface area contributed by atoms with E-state index in [9.17, 15) is 18.0 Å². The van der Waals surface area contributed by atoms with Crippen LogP contribution in [0.25, 0.3) is 0 Å². The summed E-state index contributed by atoms with van der Waals surface area (Å²) in [6.45, 7) is 5.09. The van der Waals surface area contributed by atoms with Crippen molar-refractivity contribution in [1.82, 2.24) is 4.72 Å². The van der Waals surface area contributed by atoms with Gasteiger partial charge < -0.3 is 15.8 Å². The second-order valence-corrected chi connectivity index (χ2v) is 8.17. The lowest BCUT2D eigenvalue weighted by Crippen LogP contribution is -2.30. The number of carbonyl (C=O) groups excluding carboxylic acids is 2. The predicted molar refractivity (Wildman–Crippen MR) is 106 cm³/mol. The molecule has 0 saturated heterocycles. The smallest absolute Gasteiger partial charge is 0.255 e. The van der Waals surface area contributed by atoms with Gasteiger partial charge in [-0.25, -0.2) is 13.1 Å². The number of nitrogens with two attached hydrogens (primary N) is 1. The van der Waals surface area contributed by atoms with E-state index in [1.54, 1.807) is 32.9 Å². The Bertz CT molecular complexity index is 1020. The van der Waals surface area contributed by atoms with E-state index in [4.69, 9.17) is 10.5 Å². The van der Waals surface area contributed by atoms with Crippen LogP contribution >= 0.6 is 0 Å². The van der Waals surface area contributed by atoms with Gasteiger partial charge in [-0.1, -0.05) is 0 Å². The lowest BCUT2D eigenvalue weighted by molar-refractivity contribution is 0.0997. The summed E-state index contributed by atoms with van der Waals surface area (Å²) in [5, 5.41) is 2.68. The number of methoxy groups -OCH3 is 1. The number of hydrogen-bond donors (Lipinski definition) is 3. The summed E-state index contributed by atoms with van der Waals surface area (Å²) in [4.78, 5) is 23.8. The number of carbonyl (C=O) groups is 2. The second kappa shape index (κ2) is 8.41. The first-order chi connectivity index (χ1) is 13.0. The molecular formula is C19H23N3O5S. The molecule has 0 aromatic heterocycles. The maximum Gasteiger partial charge on any atom is 0.255 e. The van der Waals surface area contributed by atoms with Crippen LogP contribution in [0.2, 0.25) is 0 Å². The Kier molecular flexibility index (Phi) is 6.42. The Labute approximate surface area is 164 Å². The average molecular weight is 405 g/mol. The highest BCUT2D eigenvalue weighted by Gasteiger charge is 2.22. The SMILES string of the molecule is COc1ccc(C(=O)Nc2ccc(C(N)=O)c(C)c2)cc1S(=O)(=O)NC(C)C. The molecular weight excluding hydrogens is 382 g/mol. The number of ether oxygens (including phenoxy) is 1. The van der Waals surface area contributed by atoms with Crippen molar-refractivity contribution in [3.05, 3.63) is 53.1 Å². The van der Waals surface area contributed by atoms with E-state index in [2.05, 4.69) is 10.0 Å². The Morgan fingerprint density at radius 1 is 1.11 bits per heavy atom.